The van der Waals surface area contributed by atoms with Crippen LogP contribution in [0.2, 0.25) is 0 Å². The molecule has 144 valence electrons. The smallest absolute Gasteiger partial charge is 0.407 e. The molecule has 27 heavy (non-hydrogen) atoms. The van der Waals surface area contributed by atoms with Crippen molar-refractivity contribution in [3.05, 3.63) is 59.9 Å². The van der Waals surface area contributed by atoms with Crippen LogP contribution < -0.4 is 5.32 Å². The predicted octanol–water partition coefficient (Wildman–Crippen LogP) is 4.26. The number of carbonyl (C=O) groups is 2. The molecule has 2 rings (SSSR count). The molecular weight excluding hydrogens is 349 g/mol. The van der Waals surface area contributed by atoms with Gasteiger partial charge in [-0.3, -0.25) is 4.79 Å². The molecule has 6 heteroatoms. The normalized spacial score (nSPS) is 12.3. The van der Waals surface area contributed by atoms with Gasteiger partial charge in [0.25, 0.3) is 0 Å². The standard InChI is InChI=1S/C21H24FNO4/c1-21(2,3)27-20(26)23-13-16(19(24)25)12-15-6-4-5-7-18(15)14-8-10-17(22)11-9-14/h4-11,16H,12-13H2,1-3H3,(H,23,26)(H,24,25)/t16-/m0/s1. The number of hydrogen-bond acceptors (Lipinski definition) is 3. The van der Waals surface area contributed by atoms with Crippen molar-refractivity contribution in [1.82, 2.24) is 5.32 Å². The zero-order valence-corrected chi connectivity index (χ0v) is 15.7. The van der Waals surface area contributed by atoms with Crippen LogP contribution in [-0.4, -0.2) is 29.3 Å². The fourth-order valence-corrected chi connectivity index (χ4v) is 2.64. The van der Waals surface area contributed by atoms with Crippen LogP contribution in [0.3, 0.4) is 0 Å². The van der Waals surface area contributed by atoms with Crippen LogP contribution in [-0.2, 0) is 16.0 Å². The van der Waals surface area contributed by atoms with E-state index in [1.54, 1.807) is 32.9 Å². The average molecular weight is 373 g/mol. The number of hydrogen-bond donors (Lipinski definition) is 2. The average Bonchev–Trinajstić information content (AvgIpc) is 2.58. The summed E-state index contributed by atoms with van der Waals surface area (Å²) < 4.78 is 18.3. The minimum atomic E-state index is -1.01. The Morgan fingerprint density at radius 1 is 1.11 bits per heavy atom. The summed E-state index contributed by atoms with van der Waals surface area (Å²) in [6, 6.07) is 13.4. The van der Waals surface area contributed by atoms with Gasteiger partial charge in [-0.1, -0.05) is 36.4 Å². The second kappa shape index (κ2) is 8.66. The summed E-state index contributed by atoms with van der Waals surface area (Å²) >= 11 is 0. The lowest BCUT2D eigenvalue weighted by molar-refractivity contribution is -0.141. The Morgan fingerprint density at radius 2 is 1.74 bits per heavy atom. The molecule has 0 aromatic heterocycles. The lowest BCUT2D eigenvalue weighted by Gasteiger charge is -2.21. The Morgan fingerprint density at radius 3 is 2.33 bits per heavy atom. The molecule has 0 saturated carbocycles. The molecule has 0 aliphatic carbocycles. The Hall–Kier alpha value is -2.89. The molecule has 2 N–H and O–H groups in total. The van der Waals surface area contributed by atoms with Crippen LogP contribution in [0.5, 0.6) is 0 Å². The molecule has 0 heterocycles. The summed E-state index contributed by atoms with van der Waals surface area (Å²) in [4.78, 5) is 23.4. The lowest BCUT2D eigenvalue weighted by atomic mass is 9.92. The predicted molar refractivity (Wildman–Crippen MR) is 101 cm³/mol. The summed E-state index contributed by atoms with van der Waals surface area (Å²) in [7, 11) is 0. The van der Waals surface area contributed by atoms with Crippen molar-refractivity contribution in [2.45, 2.75) is 32.8 Å². The van der Waals surface area contributed by atoms with Gasteiger partial charge in [-0.2, -0.15) is 0 Å². The summed E-state index contributed by atoms with van der Waals surface area (Å²) in [6.07, 6.45) is -0.431. The number of alkyl carbamates (subject to hydrolysis) is 1. The molecule has 0 fully saturated rings. The van der Waals surface area contributed by atoms with E-state index in [-0.39, 0.29) is 18.8 Å². The molecule has 0 radical (unpaired) electrons. The highest BCUT2D eigenvalue weighted by Crippen LogP contribution is 2.26. The Labute approximate surface area is 158 Å². The summed E-state index contributed by atoms with van der Waals surface area (Å²) in [5.74, 6) is -2.17. The molecule has 0 aliphatic rings. The highest BCUT2D eigenvalue weighted by Gasteiger charge is 2.22. The van der Waals surface area contributed by atoms with Crippen LogP contribution in [0, 0.1) is 11.7 Å². The van der Waals surface area contributed by atoms with Gasteiger partial charge >= 0.3 is 12.1 Å². The topological polar surface area (TPSA) is 75.6 Å². The van der Waals surface area contributed by atoms with Crippen LogP contribution in [0.15, 0.2) is 48.5 Å². The molecule has 5 nitrogen and oxygen atoms in total. The van der Waals surface area contributed by atoms with Gasteiger partial charge in [0.15, 0.2) is 0 Å². The molecule has 1 amide bonds. The van der Waals surface area contributed by atoms with E-state index in [9.17, 15) is 19.1 Å². The first-order valence-corrected chi connectivity index (χ1v) is 8.69. The van der Waals surface area contributed by atoms with E-state index >= 15 is 0 Å². The maximum absolute atomic E-state index is 13.2. The van der Waals surface area contributed by atoms with E-state index in [1.807, 2.05) is 24.3 Å². The van der Waals surface area contributed by atoms with E-state index in [1.165, 1.54) is 12.1 Å². The zero-order valence-electron chi connectivity index (χ0n) is 15.7. The number of halogens is 1. The first-order valence-electron chi connectivity index (χ1n) is 8.69. The third kappa shape index (κ3) is 6.40. The molecule has 2 aromatic rings. The monoisotopic (exact) mass is 373 g/mol. The van der Waals surface area contributed by atoms with E-state index in [0.717, 1.165) is 16.7 Å². The van der Waals surface area contributed by atoms with Gasteiger partial charge < -0.3 is 15.2 Å². The Balaban J connectivity index is 2.14. The number of rotatable bonds is 6. The second-order valence-corrected chi connectivity index (χ2v) is 7.29. The Kier molecular flexibility index (Phi) is 6.55. The van der Waals surface area contributed by atoms with Gasteiger partial charge in [0.2, 0.25) is 0 Å². The molecule has 2 aromatic carbocycles. The van der Waals surface area contributed by atoms with Crippen LogP contribution in [0.25, 0.3) is 11.1 Å². The van der Waals surface area contributed by atoms with Crippen LogP contribution >= 0.6 is 0 Å². The highest BCUT2D eigenvalue weighted by molar-refractivity contribution is 5.74. The van der Waals surface area contributed by atoms with Gasteiger partial charge in [-0.05, 0) is 56.0 Å². The quantitative estimate of drug-likeness (QED) is 0.793. The minimum absolute atomic E-state index is 0.0536. The second-order valence-electron chi connectivity index (χ2n) is 7.29. The van der Waals surface area contributed by atoms with Crippen molar-refractivity contribution in [2.24, 2.45) is 5.92 Å². The van der Waals surface area contributed by atoms with Crippen LogP contribution in [0.4, 0.5) is 9.18 Å². The number of aliphatic carboxylic acids is 1. The molecule has 0 aliphatic heterocycles. The maximum atomic E-state index is 13.2. The first-order chi connectivity index (χ1) is 12.7. The number of carbonyl (C=O) groups excluding carboxylic acids is 1. The highest BCUT2D eigenvalue weighted by atomic mass is 19.1. The van der Waals surface area contributed by atoms with Gasteiger partial charge in [-0.15, -0.1) is 0 Å². The summed E-state index contributed by atoms with van der Waals surface area (Å²) in [5, 5.41) is 12.1. The number of benzene rings is 2. The van der Waals surface area contributed by atoms with Gasteiger partial charge in [0.05, 0.1) is 5.92 Å². The van der Waals surface area contributed by atoms with Crippen molar-refractivity contribution in [3.8, 4) is 11.1 Å². The summed E-state index contributed by atoms with van der Waals surface area (Å²) in [6.45, 7) is 5.16. The fraction of sp³-hybridized carbons (Fsp3) is 0.333. The molecule has 1 atom stereocenters. The number of carboxylic acids is 1. The van der Waals surface area contributed by atoms with E-state index in [0.29, 0.717) is 0 Å². The molecule has 0 unspecified atom stereocenters. The maximum Gasteiger partial charge on any atom is 0.407 e. The van der Waals surface area contributed by atoms with Crippen LogP contribution in [0.1, 0.15) is 26.3 Å². The zero-order chi connectivity index (χ0) is 20.0. The molecular formula is C21H24FNO4. The van der Waals surface area contributed by atoms with Crippen molar-refractivity contribution in [3.63, 3.8) is 0 Å². The molecule has 0 bridgehead atoms. The SMILES string of the molecule is CC(C)(C)OC(=O)NC[C@H](Cc1ccccc1-c1ccc(F)cc1)C(=O)O. The minimum Gasteiger partial charge on any atom is -0.481 e. The van der Waals surface area contributed by atoms with Gasteiger partial charge in [-0.25, -0.2) is 9.18 Å². The number of nitrogens with one attached hydrogen (secondary N) is 1. The van der Waals surface area contributed by atoms with Crippen molar-refractivity contribution >= 4 is 12.1 Å². The molecule has 0 saturated heterocycles. The lowest BCUT2D eigenvalue weighted by Crippen LogP contribution is -2.37. The van der Waals surface area contributed by atoms with Gasteiger partial charge in [0, 0.05) is 6.54 Å². The van der Waals surface area contributed by atoms with Crippen molar-refractivity contribution in [1.29, 1.82) is 0 Å². The number of amides is 1. The third-order valence-corrected chi connectivity index (χ3v) is 3.88. The fourth-order valence-electron chi connectivity index (χ4n) is 2.64. The number of carboxylic acid groups (broad SMARTS) is 1. The van der Waals surface area contributed by atoms with E-state index in [2.05, 4.69) is 5.32 Å². The van der Waals surface area contributed by atoms with Crippen molar-refractivity contribution in [2.75, 3.05) is 6.54 Å². The Bertz CT molecular complexity index is 797. The first kappa shape index (κ1) is 20.4. The van der Waals surface area contributed by atoms with E-state index < -0.39 is 23.6 Å². The van der Waals surface area contributed by atoms with Gasteiger partial charge in [0.1, 0.15) is 11.4 Å². The third-order valence-electron chi connectivity index (χ3n) is 3.88. The summed E-state index contributed by atoms with van der Waals surface area (Å²) in [5.41, 5.74) is 1.79. The van der Waals surface area contributed by atoms with Crippen molar-refractivity contribution < 1.29 is 23.8 Å². The largest absolute Gasteiger partial charge is 0.481 e. The molecule has 0 spiro atoms. The number of ether oxygens (including phenoxy) is 1. The van der Waals surface area contributed by atoms with E-state index in [4.69, 9.17) is 4.74 Å².